The molecule has 1 aromatic heterocycles. The quantitative estimate of drug-likeness (QED) is 0.832. The molecule has 118 valence electrons. The molecule has 2 heterocycles. The summed E-state index contributed by atoms with van der Waals surface area (Å²) in [4.78, 5) is 19.0. The van der Waals surface area contributed by atoms with E-state index in [1.54, 1.807) is 7.11 Å². The summed E-state index contributed by atoms with van der Waals surface area (Å²) in [6.07, 6.45) is 0. The van der Waals surface area contributed by atoms with Crippen molar-refractivity contribution in [3.63, 3.8) is 0 Å². The van der Waals surface area contributed by atoms with Crippen molar-refractivity contribution < 1.29 is 14.3 Å². The minimum Gasteiger partial charge on any atom is -0.382 e. The number of aromatic nitrogens is 1. The Balaban J connectivity index is 2.02. The normalized spacial score (nSPS) is 16.0. The fraction of sp³-hybridized carbons (Fsp3) is 0.692. The van der Waals surface area contributed by atoms with E-state index in [4.69, 9.17) is 15.2 Å². The van der Waals surface area contributed by atoms with Crippen molar-refractivity contribution >= 4 is 28.2 Å². The molecule has 7 nitrogen and oxygen atoms in total. The van der Waals surface area contributed by atoms with Crippen LogP contribution in [0.3, 0.4) is 0 Å². The molecule has 1 amide bonds. The Morgan fingerprint density at radius 2 is 2.19 bits per heavy atom. The number of hydrogen-bond acceptors (Lipinski definition) is 7. The van der Waals surface area contributed by atoms with Crippen LogP contribution in [0.1, 0.15) is 23.5 Å². The van der Waals surface area contributed by atoms with Crippen LogP contribution in [-0.4, -0.2) is 56.5 Å². The molecule has 0 spiro atoms. The van der Waals surface area contributed by atoms with E-state index in [0.29, 0.717) is 24.6 Å². The molecule has 1 aromatic rings. The predicted octanol–water partition coefficient (Wildman–Crippen LogP) is 0.717. The fourth-order valence-corrected chi connectivity index (χ4v) is 2.77. The lowest BCUT2D eigenvalue weighted by molar-refractivity contribution is 0.0229. The number of amides is 1. The van der Waals surface area contributed by atoms with Crippen LogP contribution in [0.15, 0.2) is 0 Å². The molecule has 3 N–H and O–H groups in total. The molecular weight excluding hydrogens is 292 g/mol. The number of rotatable bonds is 5. The van der Waals surface area contributed by atoms with Crippen LogP contribution in [0.5, 0.6) is 0 Å². The van der Waals surface area contributed by atoms with Crippen molar-refractivity contribution in [3.05, 3.63) is 4.88 Å². The highest BCUT2D eigenvalue weighted by atomic mass is 32.1. The van der Waals surface area contributed by atoms with Gasteiger partial charge in [-0.25, -0.2) is 4.98 Å². The summed E-state index contributed by atoms with van der Waals surface area (Å²) >= 11 is 1.31. The summed E-state index contributed by atoms with van der Waals surface area (Å²) in [6.45, 7) is 7.10. The minimum absolute atomic E-state index is 0.213. The van der Waals surface area contributed by atoms with Crippen LogP contribution in [0, 0.1) is 0 Å². The molecule has 21 heavy (non-hydrogen) atoms. The average molecular weight is 314 g/mol. The van der Waals surface area contributed by atoms with Gasteiger partial charge in [-0.3, -0.25) is 4.79 Å². The Bertz CT molecular complexity index is 498. The van der Waals surface area contributed by atoms with E-state index in [9.17, 15) is 4.79 Å². The lowest BCUT2D eigenvalue weighted by Gasteiger charge is -2.25. The van der Waals surface area contributed by atoms with E-state index in [1.807, 2.05) is 13.8 Å². The van der Waals surface area contributed by atoms with Crippen LogP contribution in [0.2, 0.25) is 0 Å². The third kappa shape index (κ3) is 4.05. The fourth-order valence-electron chi connectivity index (χ4n) is 1.82. The van der Waals surface area contributed by atoms with Gasteiger partial charge in [-0.05, 0) is 13.8 Å². The molecule has 0 bridgehead atoms. The highest BCUT2D eigenvalue weighted by Crippen LogP contribution is 2.28. The first-order valence-electron chi connectivity index (χ1n) is 6.85. The van der Waals surface area contributed by atoms with Crippen LogP contribution in [0.25, 0.3) is 0 Å². The van der Waals surface area contributed by atoms with Gasteiger partial charge in [-0.2, -0.15) is 0 Å². The molecule has 1 saturated heterocycles. The molecule has 1 aliphatic heterocycles. The van der Waals surface area contributed by atoms with Gasteiger partial charge in [0.25, 0.3) is 5.91 Å². The summed E-state index contributed by atoms with van der Waals surface area (Å²) in [5.74, 6) is 0.0591. The number of nitrogens with zero attached hydrogens (tertiary/aromatic N) is 2. The second kappa shape index (κ2) is 6.59. The number of ether oxygens (including phenoxy) is 2. The lowest BCUT2D eigenvalue weighted by Crippen LogP contribution is -2.39. The summed E-state index contributed by atoms with van der Waals surface area (Å²) in [6, 6.07) is 0. The summed E-state index contributed by atoms with van der Waals surface area (Å²) in [5, 5.41) is 3.60. The Hall–Kier alpha value is -1.38. The van der Waals surface area contributed by atoms with Crippen molar-refractivity contribution in [1.82, 2.24) is 10.3 Å². The number of morpholine rings is 1. The Morgan fingerprint density at radius 1 is 1.52 bits per heavy atom. The first-order valence-corrected chi connectivity index (χ1v) is 7.67. The van der Waals surface area contributed by atoms with Gasteiger partial charge in [-0.15, -0.1) is 0 Å². The van der Waals surface area contributed by atoms with E-state index < -0.39 is 5.60 Å². The molecule has 0 unspecified atom stereocenters. The second-order valence-electron chi connectivity index (χ2n) is 5.46. The molecule has 0 saturated carbocycles. The van der Waals surface area contributed by atoms with Crippen LogP contribution in [-0.2, 0) is 9.47 Å². The van der Waals surface area contributed by atoms with Crippen LogP contribution in [0.4, 0.5) is 10.9 Å². The van der Waals surface area contributed by atoms with E-state index in [-0.39, 0.29) is 11.7 Å². The molecule has 0 aliphatic carbocycles. The zero-order chi connectivity index (χ0) is 15.5. The molecular formula is C13H22N4O3S. The van der Waals surface area contributed by atoms with E-state index in [2.05, 4.69) is 15.2 Å². The maximum absolute atomic E-state index is 12.2. The third-order valence-corrected chi connectivity index (χ3v) is 4.49. The number of carbonyl (C=O) groups excluding carboxylic acids is 1. The summed E-state index contributed by atoms with van der Waals surface area (Å²) < 4.78 is 10.6. The lowest BCUT2D eigenvalue weighted by atomic mass is 10.1. The van der Waals surface area contributed by atoms with Gasteiger partial charge in [0.1, 0.15) is 10.7 Å². The van der Waals surface area contributed by atoms with Crippen molar-refractivity contribution in [3.8, 4) is 0 Å². The number of hydrogen-bond donors (Lipinski definition) is 2. The van der Waals surface area contributed by atoms with Gasteiger partial charge in [-0.1, -0.05) is 11.3 Å². The second-order valence-corrected chi connectivity index (χ2v) is 6.43. The maximum atomic E-state index is 12.2. The van der Waals surface area contributed by atoms with Crippen LogP contribution < -0.4 is 16.0 Å². The standard InChI is InChI=1S/C13H22N4O3S/c1-13(2,19-3)8-15-11(18)9-10(14)16-12(21-9)17-4-6-20-7-5-17/h4-8,14H2,1-3H3,(H,15,18). The highest BCUT2D eigenvalue weighted by molar-refractivity contribution is 7.18. The third-order valence-electron chi connectivity index (χ3n) is 3.36. The molecule has 2 rings (SSSR count). The molecule has 0 aromatic carbocycles. The molecule has 1 fully saturated rings. The zero-order valence-electron chi connectivity index (χ0n) is 12.6. The van der Waals surface area contributed by atoms with E-state index in [1.165, 1.54) is 11.3 Å². The van der Waals surface area contributed by atoms with Gasteiger partial charge in [0.2, 0.25) is 0 Å². The number of nitrogen functional groups attached to an aromatic ring is 1. The Labute approximate surface area is 128 Å². The van der Waals surface area contributed by atoms with Crippen LogP contribution >= 0.6 is 11.3 Å². The van der Waals surface area contributed by atoms with Crippen molar-refractivity contribution in [2.45, 2.75) is 19.4 Å². The number of nitrogens with two attached hydrogens (primary N) is 1. The number of carbonyl (C=O) groups is 1. The van der Waals surface area contributed by atoms with E-state index in [0.717, 1.165) is 18.2 Å². The number of methoxy groups -OCH3 is 1. The smallest absolute Gasteiger partial charge is 0.265 e. The number of thiazole rings is 1. The van der Waals surface area contributed by atoms with Gasteiger partial charge in [0.05, 0.1) is 18.8 Å². The first kappa shape index (κ1) is 16.0. The van der Waals surface area contributed by atoms with Gasteiger partial charge < -0.3 is 25.4 Å². The first-order chi connectivity index (χ1) is 9.93. The average Bonchev–Trinajstić information content (AvgIpc) is 2.88. The summed E-state index contributed by atoms with van der Waals surface area (Å²) in [5.41, 5.74) is 5.46. The SMILES string of the molecule is COC(C)(C)CNC(=O)c1sc(N2CCOCC2)nc1N. The zero-order valence-corrected chi connectivity index (χ0v) is 13.5. The Kier molecular flexibility index (Phi) is 5.02. The van der Waals surface area contributed by atoms with Gasteiger partial charge in [0.15, 0.2) is 5.13 Å². The minimum atomic E-state index is -0.415. The topological polar surface area (TPSA) is 89.7 Å². The monoisotopic (exact) mass is 314 g/mol. The highest BCUT2D eigenvalue weighted by Gasteiger charge is 2.23. The van der Waals surface area contributed by atoms with E-state index >= 15 is 0 Å². The number of nitrogens with one attached hydrogen (secondary N) is 1. The largest absolute Gasteiger partial charge is 0.382 e. The molecule has 1 aliphatic rings. The molecule has 0 atom stereocenters. The van der Waals surface area contributed by atoms with Crippen molar-refractivity contribution in [2.24, 2.45) is 0 Å². The van der Waals surface area contributed by atoms with Crippen molar-refractivity contribution in [1.29, 1.82) is 0 Å². The predicted molar refractivity (Wildman–Crippen MR) is 83.0 cm³/mol. The van der Waals surface area contributed by atoms with Gasteiger partial charge in [0, 0.05) is 26.7 Å². The maximum Gasteiger partial charge on any atom is 0.265 e. The summed E-state index contributed by atoms with van der Waals surface area (Å²) in [7, 11) is 1.61. The van der Waals surface area contributed by atoms with Gasteiger partial charge >= 0.3 is 0 Å². The Morgan fingerprint density at radius 3 is 2.81 bits per heavy atom. The number of anilines is 2. The van der Waals surface area contributed by atoms with Crippen molar-refractivity contribution in [2.75, 3.05) is 50.6 Å². The molecule has 0 radical (unpaired) electrons. The molecule has 8 heteroatoms.